The summed E-state index contributed by atoms with van der Waals surface area (Å²) in [6, 6.07) is 6.50. The Labute approximate surface area is 91.9 Å². The van der Waals surface area contributed by atoms with E-state index in [2.05, 4.69) is 30.0 Å². The quantitative estimate of drug-likeness (QED) is 0.688. The van der Waals surface area contributed by atoms with Crippen LogP contribution >= 0.6 is 0 Å². The van der Waals surface area contributed by atoms with E-state index in [0.29, 0.717) is 6.42 Å². The van der Waals surface area contributed by atoms with Gasteiger partial charge in [-0.15, -0.1) is 0 Å². The monoisotopic (exact) mass is 205 g/mol. The fourth-order valence-electron chi connectivity index (χ4n) is 1.71. The van der Waals surface area contributed by atoms with E-state index in [0.717, 1.165) is 19.1 Å². The number of anilines is 1. The van der Waals surface area contributed by atoms with Crippen molar-refractivity contribution in [3.63, 3.8) is 0 Å². The maximum atomic E-state index is 10.4. The first kappa shape index (κ1) is 11.8. The van der Waals surface area contributed by atoms with Gasteiger partial charge in [-0.3, -0.25) is 0 Å². The number of carbonyl (C=O) groups excluding carboxylic acids is 1. The van der Waals surface area contributed by atoms with Gasteiger partial charge in [0.15, 0.2) is 0 Å². The first-order valence-electron chi connectivity index (χ1n) is 5.41. The van der Waals surface area contributed by atoms with E-state index in [1.807, 2.05) is 14.1 Å². The van der Waals surface area contributed by atoms with E-state index in [1.165, 1.54) is 16.8 Å². The Bertz CT molecular complexity index is 331. The molecule has 0 heterocycles. The van der Waals surface area contributed by atoms with Gasteiger partial charge in [-0.2, -0.15) is 0 Å². The van der Waals surface area contributed by atoms with E-state index in [9.17, 15) is 4.79 Å². The van der Waals surface area contributed by atoms with Crippen molar-refractivity contribution in [3.8, 4) is 0 Å². The van der Waals surface area contributed by atoms with Crippen LogP contribution < -0.4 is 4.90 Å². The molecule has 15 heavy (non-hydrogen) atoms. The van der Waals surface area contributed by atoms with Crippen molar-refractivity contribution < 1.29 is 4.79 Å². The zero-order chi connectivity index (χ0) is 11.3. The molecule has 0 N–H and O–H groups in total. The van der Waals surface area contributed by atoms with Crippen LogP contribution in [0.15, 0.2) is 18.2 Å². The highest BCUT2D eigenvalue weighted by atomic mass is 16.1. The summed E-state index contributed by atoms with van der Waals surface area (Å²) in [7, 11) is 4.07. The summed E-state index contributed by atoms with van der Waals surface area (Å²) in [5.74, 6) is 0. The molecule has 0 fully saturated rings. The fourth-order valence-corrected chi connectivity index (χ4v) is 1.71. The summed E-state index contributed by atoms with van der Waals surface area (Å²) in [6.45, 7) is 2.15. The number of hydrogen-bond acceptors (Lipinski definition) is 2. The molecule has 1 rings (SSSR count). The van der Waals surface area contributed by atoms with Crippen molar-refractivity contribution >= 4 is 12.0 Å². The summed E-state index contributed by atoms with van der Waals surface area (Å²) >= 11 is 0. The van der Waals surface area contributed by atoms with Crippen molar-refractivity contribution in [1.29, 1.82) is 0 Å². The molecule has 0 spiro atoms. The third-order valence-electron chi connectivity index (χ3n) is 2.57. The van der Waals surface area contributed by atoms with Crippen LogP contribution in [0.4, 0.5) is 5.69 Å². The van der Waals surface area contributed by atoms with E-state index in [4.69, 9.17) is 0 Å². The highest BCUT2D eigenvalue weighted by molar-refractivity contribution is 5.57. The highest BCUT2D eigenvalue weighted by Crippen LogP contribution is 2.21. The summed E-state index contributed by atoms with van der Waals surface area (Å²) in [5.41, 5.74) is 3.82. The molecule has 0 amide bonds. The number of nitrogens with zero attached hydrogens (tertiary/aromatic N) is 1. The Morgan fingerprint density at radius 1 is 1.33 bits per heavy atom. The van der Waals surface area contributed by atoms with Crippen LogP contribution in [-0.4, -0.2) is 20.4 Å². The third kappa shape index (κ3) is 3.08. The van der Waals surface area contributed by atoms with Gasteiger partial charge in [0.05, 0.1) is 0 Å². The molecule has 0 unspecified atom stereocenters. The van der Waals surface area contributed by atoms with E-state index in [1.54, 1.807) is 0 Å². The molecule has 0 saturated heterocycles. The molecule has 0 aliphatic heterocycles. The van der Waals surface area contributed by atoms with Crippen LogP contribution in [-0.2, 0) is 17.6 Å². The van der Waals surface area contributed by atoms with Gasteiger partial charge >= 0.3 is 0 Å². The molecule has 0 aliphatic carbocycles. The maximum absolute atomic E-state index is 10.4. The molecule has 1 aromatic rings. The normalized spacial score (nSPS) is 10.1. The molecule has 0 saturated carbocycles. The second-order valence-electron chi connectivity index (χ2n) is 3.92. The maximum Gasteiger partial charge on any atom is 0.120 e. The Kier molecular flexibility index (Phi) is 4.35. The predicted molar refractivity (Wildman–Crippen MR) is 64.5 cm³/mol. The number of rotatable bonds is 5. The Morgan fingerprint density at radius 2 is 2.07 bits per heavy atom. The van der Waals surface area contributed by atoms with E-state index >= 15 is 0 Å². The summed E-state index contributed by atoms with van der Waals surface area (Å²) in [4.78, 5) is 12.5. The van der Waals surface area contributed by atoms with E-state index in [-0.39, 0.29) is 0 Å². The second kappa shape index (κ2) is 5.54. The average Bonchev–Trinajstić information content (AvgIpc) is 2.25. The minimum atomic E-state index is 0.605. The minimum Gasteiger partial charge on any atom is -0.377 e. The lowest BCUT2D eigenvalue weighted by molar-refractivity contribution is -0.107. The largest absolute Gasteiger partial charge is 0.377 e. The average molecular weight is 205 g/mol. The van der Waals surface area contributed by atoms with Crippen LogP contribution in [0.1, 0.15) is 24.5 Å². The molecular weight excluding hydrogens is 186 g/mol. The highest BCUT2D eigenvalue weighted by Gasteiger charge is 2.04. The van der Waals surface area contributed by atoms with Gasteiger partial charge in [0.25, 0.3) is 0 Å². The Morgan fingerprint density at radius 3 is 2.60 bits per heavy atom. The molecule has 0 atom stereocenters. The van der Waals surface area contributed by atoms with Crippen molar-refractivity contribution in [2.24, 2.45) is 0 Å². The number of aldehydes is 1. The summed E-state index contributed by atoms with van der Waals surface area (Å²) in [5, 5.41) is 0. The molecule has 2 nitrogen and oxygen atoms in total. The van der Waals surface area contributed by atoms with Gasteiger partial charge in [-0.25, -0.2) is 0 Å². The van der Waals surface area contributed by atoms with Crippen LogP contribution in [0.25, 0.3) is 0 Å². The standard InChI is InChI=1S/C13H19NO/c1-4-11-7-8-13(14(2)3)12(10-11)6-5-9-15/h7-10H,4-6H2,1-3H3. The topological polar surface area (TPSA) is 20.3 Å². The molecule has 1 aromatic carbocycles. The van der Waals surface area contributed by atoms with Gasteiger partial charge in [-0.05, 0) is 30.0 Å². The second-order valence-corrected chi connectivity index (χ2v) is 3.92. The molecule has 0 aliphatic rings. The zero-order valence-electron chi connectivity index (χ0n) is 9.79. The fraction of sp³-hybridized carbons (Fsp3) is 0.462. The van der Waals surface area contributed by atoms with Gasteiger partial charge in [-0.1, -0.05) is 19.1 Å². The molecular formula is C13H19NO. The molecule has 2 heteroatoms. The van der Waals surface area contributed by atoms with Crippen LogP contribution in [0, 0.1) is 0 Å². The lowest BCUT2D eigenvalue weighted by Crippen LogP contribution is -2.11. The molecule has 82 valence electrons. The lowest BCUT2D eigenvalue weighted by atomic mass is 10.0. The lowest BCUT2D eigenvalue weighted by Gasteiger charge is -2.18. The smallest absolute Gasteiger partial charge is 0.120 e. The van der Waals surface area contributed by atoms with Gasteiger partial charge in [0, 0.05) is 26.2 Å². The Hall–Kier alpha value is -1.31. The summed E-state index contributed by atoms with van der Waals surface area (Å²) < 4.78 is 0. The molecule has 0 aromatic heterocycles. The van der Waals surface area contributed by atoms with Gasteiger partial charge in [0.2, 0.25) is 0 Å². The van der Waals surface area contributed by atoms with Crippen LogP contribution in [0.2, 0.25) is 0 Å². The van der Waals surface area contributed by atoms with Crippen molar-refractivity contribution in [2.45, 2.75) is 26.2 Å². The number of benzene rings is 1. The predicted octanol–water partition coefficient (Wildman–Crippen LogP) is 2.45. The van der Waals surface area contributed by atoms with Crippen LogP contribution in [0.3, 0.4) is 0 Å². The summed E-state index contributed by atoms with van der Waals surface area (Å²) in [6.07, 6.45) is 3.47. The number of aryl methyl sites for hydroxylation is 2. The first-order valence-corrected chi connectivity index (χ1v) is 5.41. The van der Waals surface area contributed by atoms with Gasteiger partial charge in [0.1, 0.15) is 6.29 Å². The van der Waals surface area contributed by atoms with Crippen molar-refractivity contribution in [1.82, 2.24) is 0 Å². The minimum absolute atomic E-state index is 0.605. The third-order valence-corrected chi connectivity index (χ3v) is 2.57. The molecule has 0 bridgehead atoms. The van der Waals surface area contributed by atoms with Gasteiger partial charge < -0.3 is 9.69 Å². The number of hydrogen-bond donors (Lipinski definition) is 0. The van der Waals surface area contributed by atoms with Crippen molar-refractivity contribution in [2.75, 3.05) is 19.0 Å². The SMILES string of the molecule is CCc1ccc(N(C)C)c(CCC=O)c1. The Balaban J connectivity index is 2.99. The van der Waals surface area contributed by atoms with E-state index < -0.39 is 0 Å². The first-order chi connectivity index (χ1) is 7.19. The zero-order valence-corrected chi connectivity index (χ0v) is 9.79. The van der Waals surface area contributed by atoms with Crippen LogP contribution in [0.5, 0.6) is 0 Å². The number of carbonyl (C=O) groups is 1. The molecule has 0 radical (unpaired) electrons. The van der Waals surface area contributed by atoms with Crippen molar-refractivity contribution in [3.05, 3.63) is 29.3 Å².